The Kier molecular flexibility index (Phi) is 13.0. The number of fused-ring (bicyclic) bond motifs is 2. The average molecular weight is 586 g/mol. The fourth-order valence-electron chi connectivity index (χ4n) is 4.87. The Morgan fingerprint density at radius 2 is 1.90 bits per heavy atom. The fraction of sp³-hybridized carbons (Fsp3) is 0.452. The number of aliphatic hydroxyl groups is 1. The predicted octanol–water partition coefficient (Wildman–Crippen LogP) is 4.45. The molecule has 42 heavy (non-hydrogen) atoms. The van der Waals surface area contributed by atoms with E-state index in [-0.39, 0.29) is 40.8 Å². The van der Waals surface area contributed by atoms with Gasteiger partial charge in [0, 0.05) is 43.6 Å². The molecule has 2 amide bonds. The van der Waals surface area contributed by atoms with Crippen LogP contribution in [0.5, 0.6) is 11.5 Å². The van der Waals surface area contributed by atoms with Crippen molar-refractivity contribution >= 4 is 29.6 Å². The van der Waals surface area contributed by atoms with E-state index in [0.717, 1.165) is 0 Å². The number of carbonyl (C=O) groups is 2. The van der Waals surface area contributed by atoms with Gasteiger partial charge in [-0.15, -0.1) is 0 Å². The van der Waals surface area contributed by atoms with E-state index in [9.17, 15) is 24.9 Å². The number of amides is 2. The van der Waals surface area contributed by atoms with E-state index in [4.69, 9.17) is 19.9 Å². The number of rotatable bonds is 5. The van der Waals surface area contributed by atoms with Gasteiger partial charge in [0.25, 0.3) is 5.91 Å². The Labute approximate surface area is 247 Å². The highest BCUT2D eigenvalue weighted by Gasteiger charge is 2.30. The monoisotopic (exact) mass is 585 g/mol. The minimum absolute atomic E-state index is 0.00774. The van der Waals surface area contributed by atoms with Crippen molar-refractivity contribution in [2.75, 3.05) is 19.5 Å². The number of hydrogen-bond donors (Lipinski definition) is 5. The smallest absolute Gasteiger partial charge is 0.405 e. The van der Waals surface area contributed by atoms with Crippen molar-refractivity contribution in [3.63, 3.8) is 0 Å². The molecule has 1 aromatic rings. The number of nitrogens with two attached hydrogens (primary N) is 1. The molecule has 0 saturated heterocycles. The molecule has 1 unspecified atom stereocenters. The first kappa shape index (κ1) is 34.3. The normalized spacial score (nSPS) is 26.3. The maximum atomic E-state index is 13.0. The number of primary amides is 1. The average Bonchev–Trinajstić information content (AvgIpc) is 2.94. The van der Waals surface area contributed by atoms with Gasteiger partial charge in [0.05, 0.1) is 17.9 Å². The Bertz CT molecular complexity index is 1250. The number of aliphatic imine (C=N–C) groups is 1. The number of aromatic hydroxyl groups is 2. The van der Waals surface area contributed by atoms with E-state index in [1.165, 1.54) is 38.7 Å². The molecule has 0 spiro atoms. The molecule has 230 valence electrons. The third-order valence-corrected chi connectivity index (χ3v) is 7.11. The van der Waals surface area contributed by atoms with Gasteiger partial charge in [-0.2, -0.15) is 0 Å². The second-order valence-corrected chi connectivity index (χ2v) is 10.5. The largest absolute Gasteiger partial charge is 0.506 e. The van der Waals surface area contributed by atoms with E-state index in [1.807, 2.05) is 13.8 Å². The van der Waals surface area contributed by atoms with Crippen LogP contribution in [0.15, 0.2) is 59.2 Å². The summed E-state index contributed by atoms with van der Waals surface area (Å²) >= 11 is 0. The number of nitrogens with zero attached hydrogens (tertiary/aromatic N) is 1. The number of nitrogens with one attached hydrogen (secondary N) is 1. The molecule has 0 fully saturated rings. The molecule has 1 aliphatic rings. The molecule has 0 saturated carbocycles. The molecular weight excluding hydrogens is 542 g/mol. The van der Waals surface area contributed by atoms with Crippen molar-refractivity contribution in [2.24, 2.45) is 22.6 Å². The number of aliphatic hydroxyl groups excluding tert-OH is 1. The molecule has 1 aliphatic heterocycles. The van der Waals surface area contributed by atoms with Gasteiger partial charge >= 0.3 is 6.09 Å². The van der Waals surface area contributed by atoms with Crippen LogP contribution in [0.4, 0.5) is 16.2 Å². The summed E-state index contributed by atoms with van der Waals surface area (Å²) in [6.45, 7) is 10.6. The van der Waals surface area contributed by atoms with E-state index in [0.29, 0.717) is 17.6 Å². The van der Waals surface area contributed by atoms with Crippen molar-refractivity contribution in [2.45, 2.75) is 65.0 Å². The standard InChI is InChI=1S/C31H43N3O8/c1-8-12-33-26-21-13-17(2)14-25(41-7)27(36)19(4)15-20(5)29(42-31(32)39)24(40-6)11-9-10-18(3)30(38)34-22(28(21)37)16-23(26)35/h8-12,15-17,19,24-25,27,29,35-37H,1,13-14H2,2-7H3,(H2,32,39)(H,34,38)/t17-,19+,24+,25?,27-,29+/m1/s1. The molecule has 2 bridgehead atoms. The first-order valence-corrected chi connectivity index (χ1v) is 13.6. The first-order valence-electron chi connectivity index (χ1n) is 13.6. The lowest BCUT2D eigenvalue weighted by atomic mass is 9.87. The van der Waals surface area contributed by atoms with E-state index in [2.05, 4.69) is 16.9 Å². The molecule has 2 rings (SSSR count). The van der Waals surface area contributed by atoms with Gasteiger partial charge in [0.1, 0.15) is 23.3 Å². The number of phenols is 2. The maximum Gasteiger partial charge on any atom is 0.405 e. The van der Waals surface area contributed by atoms with Crippen LogP contribution in [0.3, 0.4) is 0 Å². The van der Waals surface area contributed by atoms with Crippen molar-refractivity contribution < 1.29 is 39.1 Å². The van der Waals surface area contributed by atoms with Gasteiger partial charge in [-0.05, 0) is 38.2 Å². The SMILES string of the molecule is C=CC=Nc1c(O)cc2c(O)c1C[C@@H](C)CC(OC)[C@H](O)[C@@H](C)C=C(C)[C@H](OC(N)=O)[C@@H](OC)C=CC=C(C)C(=O)N2. The van der Waals surface area contributed by atoms with Gasteiger partial charge < -0.3 is 40.6 Å². The second-order valence-electron chi connectivity index (χ2n) is 10.5. The lowest BCUT2D eigenvalue weighted by molar-refractivity contribution is -0.112. The van der Waals surface area contributed by atoms with Gasteiger partial charge in [-0.3, -0.25) is 9.79 Å². The fourth-order valence-corrected chi connectivity index (χ4v) is 4.87. The van der Waals surface area contributed by atoms with Crippen LogP contribution in [0.25, 0.3) is 0 Å². The van der Waals surface area contributed by atoms with Crippen LogP contribution in [0.2, 0.25) is 0 Å². The molecule has 11 heteroatoms. The van der Waals surface area contributed by atoms with Crippen molar-refractivity contribution in [3.05, 3.63) is 59.7 Å². The van der Waals surface area contributed by atoms with Gasteiger partial charge in [-0.25, -0.2) is 4.79 Å². The van der Waals surface area contributed by atoms with Crippen molar-refractivity contribution in [1.82, 2.24) is 0 Å². The topological polar surface area (TPSA) is 173 Å². The first-order chi connectivity index (χ1) is 19.8. The number of methoxy groups -OCH3 is 2. The number of phenolic OH excluding ortho intramolecular Hbond substituents is 2. The molecule has 0 aliphatic carbocycles. The number of benzene rings is 1. The summed E-state index contributed by atoms with van der Waals surface area (Å²) in [4.78, 5) is 29.0. The molecule has 6 N–H and O–H groups in total. The van der Waals surface area contributed by atoms with Crippen LogP contribution < -0.4 is 11.1 Å². The minimum Gasteiger partial charge on any atom is -0.506 e. The summed E-state index contributed by atoms with van der Waals surface area (Å²) in [6.07, 6.45) is 5.69. The van der Waals surface area contributed by atoms with Crippen LogP contribution in [0.1, 0.15) is 39.7 Å². The summed E-state index contributed by atoms with van der Waals surface area (Å²) in [5.74, 6) is -1.61. The second kappa shape index (κ2) is 15.9. The van der Waals surface area contributed by atoms with Crippen LogP contribution in [-0.2, 0) is 25.4 Å². The third-order valence-electron chi connectivity index (χ3n) is 7.11. The number of ether oxygens (including phenoxy) is 3. The van der Waals surface area contributed by atoms with E-state index >= 15 is 0 Å². The maximum absolute atomic E-state index is 13.0. The minimum atomic E-state index is -0.994. The third kappa shape index (κ3) is 9.04. The zero-order valence-corrected chi connectivity index (χ0v) is 25.0. The molecular formula is C31H43N3O8. The predicted molar refractivity (Wildman–Crippen MR) is 162 cm³/mol. The van der Waals surface area contributed by atoms with Crippen molar-refractivity contribution in [3.8, 4) is 11.5 Å². The number of hydrogen-bond acceptors (Lipinski definition) is 9. The lowest BCUT2D eigenvalue weighted by Gasteiger charge is -2.29. The number of anilines is 1. The molecule has 0 radical (unpaired) electrons. The molecule has 11 nitrogen and oxygen atoms in total. The Morgan fingerprint density at radius 3 is 2.50 bits per heavy atom. The highest BCUT2D eigenvalue weighted by atomic mass is 16.6. The molecule has 0 aromatic heterocycles. The highest BCUT2D eigenvalue weighted by Crippen LogP contribution is 2.44. The Balaban J connectivity index is 2.69. The van der Waals surface area contributed by atoms with Crippen LogP contribution in [0, 0.1) is 11.8 Å². The van der Waals surface area contributed by atoms with Gasteiger partial charge in [0.15, 0.2) is 6.10 Å². The molecule has 1 aromatic carbocycles. The van der Waals surface area contributed by atoms with Crippen LogP contribution >= 0.6 is 0 Å². The summed E-state index contributed by atoms with van der Waals surface area (Å²) in [6, 6.07) is 1.23. The summed E-state index contributed by atoms with van der Waals surface area (Å²) in [5.41, 5.74) is 6.69. The Morgan fingerprint density at radius 1 is 1.21 bits per heavy atom. The highest BCUT2D eigenvalue weighted by molar-refractivity contribution is 6.04. The number of carbonyl (C=O) groups excluding carboxylic acids is 2. The zero-order chi connectivity index (χ0) is 31.6. The lowest BCUT2D eigenvalue weighted by Crippen LogP contribution is -2.37. The summed E-state index contributed by atoms with van der Waals surface area (Å²) < 4.78 is 16.6. The molecule has 6 atom stereocenters. The summed E-state index contributed by atoms with van der Waals surface area (Å²) in [7, 11) is 2.94. The van der Waals surface area contributed by atoms with E-state index in [1.54, 1.807) is 32.1 Å². The zero-order valence-electron chi connectivity index (χ0n) is 25.0. The quantitative estimate of drug-likeness (QED) is 0.146. The van der Waals surface area contributed by atoms with Crippen molar-refractivity contribution in [1.29, 1.82) is 0 Å². The van der Waals surface area contributed by atoms with E-state index < -0.39 is 42.3 Å². The molecule has 1 heterocycles. The Hall–Kier alpha value is -3.93. The van der Waals surface area contributed by atoms with Gasteiger partial charge in [0.2, 0.25) is 0 Å². The van der Waals surface area contributed by atoms with Gasteiger partial charge in [-0.1, -0.05) is 50.8 Å². The summed E-state index contributed by atoms with van der Waals surface area (Å²) in [5, 5.41) is 35.9. The van der Waals surface area contributed by atoms with Crippen LogP contribution in [-0.4, -0.2) is 72.2 Å². The number of allylic oxidation sites excluding steroid dienone is 3.